The van der Waals surface area contributed by atoms with Crippen LogP contribution in [0.25, 0.3) is 0 Å². The van der Waals surface area contributed by atoms with Crippen LogP contribution >= 0.6 is 0 Å². The SMILES string of the molecule is NC1=NC(N)N=CN1N. The summed E-state index contributed by atoms with van der Waals surface area (Å²) < 4.78 is 0. The Bertz CT molecular complexity index is 160. The van der Waals surface area contributed by atoms with E-state index in [0.29, 0.717) is 0 Å². The third kappa shape index (κ3) is 1.15. The maximum Gasteiger partial charge on any atom is 0.214 e. The number of hydrogen-bond donors (Lipinski definition) is 3. The van der Waals surface area contributed by atoms with E-state index in [2.05, 4.69) is 9.98 Å². The first-order valence-electron chi connectivity index (χ1n) is 2.36. The van der Waals surface area contributed by atoms with Crippen LogP contribution in [0, 0.1) is 0 Å². The van der Waals surface area contributed by atoms with Crippen molar-refractivity contribution in [2.24, 2.45) is 27.3 Å². The zero-order valence-electron chi connectivity index (χ0n) is 4.73. The number of hydrogen-bond acceptors (Lipinski definition) is 6. The van der Waals surface area contributed by atoms with E-state index in [0.717, 1.165) is 5.01 Å². The van der Waals surface area contributed by atoms with Crippen molar-refractivity contribution in [1.29, 1.82) is 0 Å². The van der Waals surface area contributed by atoms with Crippen molar-refractivity contribution >= 4 is 12.3 Å². The highest BCUT2D eigenvalue weighted by Gasteiger charge is 2.06. The highest BCUT2D eigenvalue weighted by Crippen LogP contribution is 1.89. The van der Waals surface area contributed by atoms with Crippen LogP contribution in [0.5, 0.6) is 0 Å². The Morgan fingerprint density at radius 3 is 2.78 bits per heavy atom. The maximum atomic E-state index is 5.25. The molecule has 1 rings (SSSR count). The number of nitrogens with zero attached hydrogens (tertiary/aromatic N) is 3. The average Bonchev–Trinajstić information content (AvgIpc) is 1.80. The first-order chi connectivity index (χ1) is 4.20. The lowest BCUT2D eigenvalue weighted by Gasteiger charge is -2.16. The van der Waals surface area contributed by atoms with E-state index in [-0.39, 0.29) is 5.96 Å². The molecule has 1 heterocycles. The third-order valence-corrected chi connectivity index (χ3v) is 0.873. The molecule has 1 unspecified atom stereocenters. The van der Waals surface area contributed by atoms with Crippen molar-refractivity contribution in [3.8, 4) is 0 Å². The molecule has 6 N–H and O–H groups in total. The molecule has 0 aliphatic carbocycles. The molecule has 0 aromatic heterocycles. The Morgan fingerprint density at radius 1 is 1.67 bits per heavy atom. The molecule has 0 bridgehead atoms. The van der Waals surface area contributed by atoms with Crippen LogP contribution in [0.1, 0.15) is 0 Å². The van der Waals surface area contributed by atoms with Crippen molar-refractivity contribution in [1.82, 2.24) is 5.01 Å². The zero-order valence-corrected chi connectivity index (χ0v) is 4.73. The van der Waals surface area contributed by atoms with Crippen LogP contribution in [-0.4, -0.2) is 23.6 Å². The van der Waals surface area contributed by atoms with E-state index in [1.54, 1.807) is 0 Å². The van der Waals surface area contributed by atoms with Crippen LogP contribution in [0.3, 0.4) is 0 Å². The summed E-state index contributed by atoms with van der Waals surface area (Å²) in [6.45, 7) is 0. The van der Waals surface area contributed by atoms with Crippen LogP contribution in [0.4, 0.5) is 0 Å². The first-order valence-corrected chi connectivity index (χ1v) is 2.36. The van der Waals surface area contributed by atoms with Crippen molar-refractivity contribution < 1.29 is 0 Å². The monoisotopic (exact) mass is 128 g/mol. The van der Waals surface area contributed by atoms with Gasteiger partial charge in [-0.2, -0.15) is 0 Å². The Labute approximate surface area is 52.0 Å². The van der Waals surface area contributed by atoms with Gasteiger partial charge in [0.05, 0.1) is 0 Å². The molecule has 50 valence electrons. The van der Waals surface area contributed by atoms with Crippen molar-refractivity contribution in [2.45, 2.75) is 6.29 Å². The fourth-order valence-corrected chi connectivity index (χ4v) is 0.435. The van der Waals surface area contributed by atoms with Gasteiger partial charge >= 0.3 is 0 Å². The maximum absolute atomic E-state index is 5.25. The molecule has 0 aromatic rings. The highest BCUT2D eigenvalue weighted by atomic mass is 15.5. The second-order valence-electron chi connectivity index (χ2n) is 1.57. The fraction of sp³-hybridized carbons (Fsp3) is 0.333. The molecule has 1 atom stereocenters. The van der Waals surface area contributed by atoms with Gasteiger partial charge in [-0.05, 0) is 0 Å². The Morgan fingerprint density at radius 2 is 2.33 bits per heavy atom. The number of hydrazine groups is 1. The van der Waals surface area contributed by atoms with Gasteiger partial charge in [0.2, 0.25) is 5.96 Å². The molecule has 1 aliphatic heterocycles. The summed E-state index contributed by atoms with van der Waals surface area (Å²) in [5.74, 6) is 5.39. The number of aliphatic imine (C=N–C) groups is 2. The molecular weight excluding hydrogens is 120 g/mol. The predicted molar refractivity (Wildman–Crippen MR) is 34.1 cm³/mol. The minimum atomic E-state index is -0.593. The molecule has 0 spiro atoms. The molecule has 0 fully saturated rings. The van der Waals surface area contributed by atoms with Gasteiger partial charge in [-0.15, -0.1) is 0 Å². The second kappa shape index (κ2) is 2.00. The molecule has 1 aliphatic rings. The van der Waals surface area contributed by atoms with Gasteiger partial charge in [0.15, 0.2) is 6.29 Å². The number of nitrogens with two attached hydrogens (primary N) is 3. The van der Waals surface area contributed by atoms with E-state index < -0.39 is 6.29 Å². The molecule has 0 aromatic carbocycles. The largest absolute Gasteiger partial charge is 0.368 e. The average molecular weight is 128 g/mol. The normalized spacial score (nSPS) is 26.2. The third-order valence-electron chi connectivity index (χ3n) is 0.873. The van der Waals surface area contributed by atoms with Crippen molar-refractivity contribution in [3.63, 3.8) is 0 Å². The molecule has 0 saturated carbocycles. The topological polar surface area (TPSA) is 106 Å². The van der Waals surface area contributed by atoms with Crippen molar-refractivity contribution in [3.05, 3.63) is 0 Å². The van der Waals surface area contributed by atoms with Gasteiger partial charge in [-0.1, -0.05) is 0 Å². The molecule has 6 heteroatoms. The van der Waals surface area contributed by atoms with Gasteiger partial charge in [0.1, 0.15) is 6.34 Å². The molecule has 0 amide bonds. The molecular formula is C3H8N6. The van der Waals surface area contributed by atoms with E-state index >= 15 is 0 Å². The predicted octanol–water partition coefficient (Wildman–Crippen LogP) is -2.24. The summed E-state index contributed by atoms with van der Waals surface area (Å²) in [7, 11) is 0. The van der Waals surface area contributed by atoms with E-state index in [4.69, 9.17) is 17.3 Å². The number of guanidine groups is 1. The van der Waals surface area contributed by atoms with E-state index in [1.807, 2.05) is 0 Å². The summed E-state index contributed by atoms with van der Waals surface area (Å²) >= 11 is 0. The Balaban J connectivity index is 2.70. The van der Waals surface area contributed by atoms with Crippen LogP contribution in [-0.2, 0) is 0 Å². The van der Waals surface area contributed by atoms with Gasteiger partial charge in [0.25, 0.3) is 0 Å². The summed E-state index contributed by atoms with van der Waals surface area (Å²) in [4.78, 5) is 7.29. The molecule has 9 heavy (non-hydrogen) atoms. The molecule has 6 nitrogen and oxygen atoms in total. The Hall–Kier alpha value is -1.14. The van der Waals surface area contributed by atoms with Gasteiger partial charge in [0, 0.05) is 0 Å². The highest BCUT2D eigenvalue weighted by molar-refractivity contribution is 5.89. The summed E-state index contributed by atoms with van der Waals surface area (Å²) in [5, 5.41) is 1.10. The summed E-state index contributed by atoms with van der Waals surface area (Å²) in [6, 6.07) is 0. The lowest BCUT2D eigenvalue weighted by atomic mass is 10.7. The van der Waals surface area contributed by atoms with Gasteiger partial charge in [-0.3, -0.25) is 5.73 Å². The first kappa shape index (κ1) is 5.99. The van der Waals surface area contributed by atoms with Crippen LogP contribution in [0.2, 0.25) is 0 Å². The Kier molecular flexibility index (Phi) is 1.33. The summed E-state index contributed by atoms with van der Waals surface area (Å²) in [5.41, 5.74) is 10.5. The van der Waals surface area contributed by atoms with Crippen molar-refractivity contribution in [2.75, 3.05) is 0 Å². The minimum absolute atomic E-state index is 0.178. The second-order valence-corrected chi connectivity index (χ2v) is 1.57. The lowest BCUT2D eigenvalue weighted by molar-refractivity contribution is 0.600. The van der Waals surface area contributed by atoms with E-state index in [9.17, 15) is 0 Å². The quantitative estimate of drug-likeness (QED) is 0.321. The minimum Gasteiger partial charge on any atom is -0.368 e. The molecule has 0 radical (unpaired) electrons. The van der Waals surface area contributed by atoms with Gasteiger partial charge in [-0.25, -0.2) is 20.8 Å². The summed E-state index contributed by atoms with van der Waals surface area (Å²) in [6.07, 6.45) is 0.734. The van der Waals surface area contributed by atoms with Gasteiger partial charge < -0.3 is 5.73 Å². The smallest absolute Gasteiger partial charge is 0.214 e. The molecule has 0 saturated heterocycles. The fourth-order valence-electron chi connectivity index (χ4n) is 0.435. The van der Waals surface area contributed by atoms with Crippen LogP contribution in [0.15, 0.2) is 9.98 Å². The zero-order chi connectivity index (χ0) is 6.85. The standard InChI is InChI=1S/C3H8N6/c4-2-7-1-9(6)3(5)8-2/h1-2H,4,6H2,(H2,5,8). The van der Waals surface area contributed by atoms with E-state index in [1.165, 1.54) is 6.34 Å². The number of rotatable bonds is 0. The lowest BCUT2D eigenvalue weighted by Crippen LogP contribution is -2.46. The van der Waals surface area contributed by atoms with Crippen LogP contribution < -0.4 is 17.3 Å².